The van der Waals surface area contributed by atoms with Crippen molar-refractivity contribution in [2.24, 2.45) is 0 Å². The first-order chi connectivity index (χ1) is 13.6. The van der Waals surface area contributed by atoms with E-state index in [9.17, 15) is 13.2 Å². The number of rotatable bonds is 3. The molecule has 10 heteroatoms. The molecule has 0 aliphatic heterocycles. The van der Waals surface area contributed by atoms with Crippen LogP contribution in [0.3, 0.4) is 0 Å². The van der Waals surface area contributed by atoms with Crippen molar-refractivity contribution in [1.29, 1.82) is 0 Å². The smallest absolute Gasteiger partial charge is 0.347 e. The molecule has 0 N–H and O–H groups in total. The van der Waals surface area contributed by atoms with Crippen LogP contribution < -0.4 is 5.63 Å². The largest absolute Gasteiger partial charge is 0.401 e. The predicted molar refractivity (Wildman–Crippen MR) is 108 cm³/mol. The summed E-state index contributed by atoms with van der Waals surface area (Å²) in [6, 6.07) is 8.09. The van der Waals surface area contributed by atoms with Crippen molar-refractivity contribution in [2.45, 2.75) is 18.9 Å². The SMILES string of the molecule is Cc1cc(C)c2nc(-c3cc(S(C)(=O)=O)nn3-c3ncccc3Cl)oc(=O)c2c1. The van der Waals surface area contributed by atoms with Gasteiger partial charge in [-0.25, -0.2) is 27.9 Å². The zero-order valence-electron chi connectivity index (χ0n) is 15.7. The van der Waals surface area contributed by atoms with Crippen molar-refractivity contribution < 1.29 is 12.8 Å². The molecule has 1 aromatic carbocycles. The Labute approximate surface area is 170 Å². The van der Waals surface area contributed by atoms with Crippen LogP contribution in [0.2, 0.25) is 5.02 Å². The van der Waals surface area contributed by atoms with Gasteiger partial charge in [-0.1, -0.05) is 17.7 Å². The van der Waals surface area contributed by atoms with Crippen molar-refractivity contribution in [1.82, 2.24) is 19.7 Å². The fraction of sp³-hybridized carbons (Fsp3) is 0.158. The molecule has 4 aromatic rings. The molecule has 0 amide bonds. The molecule has 0 bridgehead atoms. The Morgan fingerprint density at radius 1 is 1.17 bits per heavy atom. The first-order valence-electron chi connectivity index (χ1n) is 8.48. The average molecular weight is 431 g/mol. The molecular formula is C19H15ClN4O4S. The monoisotopic (exact) mass is 430 g/mol. The zero-order chi connectivity index (χ0) is 20.9. The van der Waals surface area contributed by atoms with Gasteiger partial charge in [-0.2, -0.15) is 5.10 Å². The molecule has 8 nitrogen and oxygen atoms in total. The van der Waals surface area contributed by atoms with Crippen molar-refractivity contribution in [2.75, 3.05) is 6.26 Å². The number of aromatic nitrogens is 4. The number of hydrogen-bond donors (Lipinski definition) is 0. The maximum absolute atomic E-state index is 12.6. The van der Waals surface area contributed by atoms with Crippen LogP contribution in [0.1, 0.15) is 11.1 Å². The molecule has 0 atom stereocenters. The van der Waals surface area contributed by atoms with Crippen LogP contribution in [-0.4, -0.2) is 34.4 Å². The predicted octanol–water partition coefficient (Wildman–Crippen LogP) is 3.11. The van der Waals surface area contributed by atoms with E-state index in [2.05, 4.69) is 15.1 Å². The van der Waals surface area contributed by atoms with Crippen LogP contribution in [0.15, 0.2) is 50.8 Å². The summed E-state index contributed by atoms with van der Waals surface area (Å²) < 4.78 is 30.8. The first-order valence-corrected chi connectivity index (χ1v) is 10.8. The van der Waals surface area contributed by atoms with Gasteiger partial charge in [0.05, 0.1) is 15.9 Å². The minimum atomic E-state index is -3.65. The van der Waals surface area contributed by atoms with E-state index in [4.69, 9.17) is 16.0 Å². The summed E-state index contributed by atoms with van der Waals surface area (Å²) in [5.74, 6) is 0.0998. The van der Waals surface area contributed by atoms with E-state index in [1.807, 2.05) is 19.9 Å². The number of benzene rings is 1. The minimum absolute atomic E-state index is 0.0847. The number of hydrogen-bond acceptors (Lipinski definition) is 7. The number of sulfone groups is 1. The van der Waals surface area contributed by atoms with Gasteiger partial charge in [0.1, 0.15) is 5.69 Å². The summed E-state index contributed by atoms with van der Waals surface area (Å²) in [6.45, 7) is 3.71. The van der Waals surface area contributed by atoms with Crippen LogP contribution in [0.4, 0.5) is 0 Å². The fourth-order valence-corrected chi connectivity index (χ4v) is 3.79. The molecule has 3 aromatic heterocycles. The van der Waals surface area contributed by atoms with Crippen molar-refractivity contribution in [3.05, 3.63) is 63.1 Å². The zero-order valence-corrected chi connectivity index (χ0v) is 17.2. The summed E-state index contributed by atoms with van der Waals surface area (Å²) in [5.41, 5.74) is 1.71. The molecule has 4 rings (SSSR count). The van der Waals surface area contributed by atoms with E-state index in [0.29, 0.717) is 10.9 Å². The number of halogens is 1. The Kier molecular flexibility index (Phi) is 4.51. The summed E-state index contributed by atoms with van der Waals surface area (Å²) in [5, 5.41) is 4.48. The molecule has 0 aliphatic carbocycles. The van der Waals surface area contributed by atoms with Crippen LogP contribution >= 0.6 is 11.6 Å². The van der Waals surface area contributed by atoms with E-state index in [1.54, 1.807) is 18.2 Å². The number of nitrogens with zero attached hydrogens (tertiary/aromatic N) is 4. The molecule has 0 radical (unpaired) electrons. The van der Waals surface area contributed by atoms with E-state index < -0.39 is 15.5 Å². The summed E-state index contributed by atoms with van der Waals surface area (Å²) in [4.78, 5) is 21.2. The molecule has 0 unspecified atom stereocenters. The van der Waals surface area contributed by atoms with Gasteiger partial charge >= 0.3 is 5.63 Å². The summed E-state index contributed by atoms with van der Waals surface area (Å²) >= 11 is 6.23. The van der Waals surface area contributed by atoms with Crippen LogP contribution in [0.5, 0.6) is 0 Å². The highest BCUT2D eigenvalue weighted by atomic mass is 35.5. The summed E-state index contributed by atoms with van der Waals surface area (Å²) in [6.07, 6.45) is 2.52. The van der Waals surface area contributed by atoms with E-state index in [0.717, 1.165) is 17.4 Å². The molecule has 0 fully saturated rings. The van der Waals surface area contributed by atoms with Gasteiger partial charge in [-0.05, 0) is 43.2 Å². The molecule has 0 saturated carbocycles. The third-order valence-corrected chi connectivity index (χ3v) is 5.55. The Morgan fingerprint density at radius 3 is 2.62 bits per heavy atom. The second-order valence-corrected chi connectivity index (χ2v) is 9.01. The van der Waals surface area contributed by atoms with Crippen molar-refractivity contribution in [3.8, 4) is 17.4 Å². The number of fused-ring (bicyclic) bond motifs is 1. The molecular weight excluding hydrogens is 416 g/mol. The normalized spacial score (nSPS) is 11.9. The molecule has 29 heavy (non-hydrogen) atoms. The molecule has 148 valence electrons. The van der Waals surface area contributed by atoms with Crippen LogP contribution in [0, 0.1) is 13.8 Å². The maximum atomic E-state index is 12.6. The Morgan fingerprint density at radius 2 is 1.93 bits per heavy atom. The minimum Gasteiger partial charge on any atom is -0.401 e. The highest BCUT2D eigenvalue weighted by Crippen LogP contribution is 2.28. The quantitative estimate of drug-likeness (QED) is 0.491. The Hall–Kier alpha value is -3.04. The second-order valence-electron chi connectivity index (χ2n) is 6.65. The van der Waals surface area contributed by atoms with Gasteiger partial charge in [0, 0.05) is 18.5 Å². The van der Waals surface area contributed by atoms with E-state index in [1.165, 1.54) is 16.9 Å². The fourth-order valence-electron chi connectivity index (χ4n) is 3.03. The third kappa shape index (κ3) is 3.43. The van der Waals surface area contributed by atoms with Gasteiger partial charge in [0.25, 0.3) is 0 Å². The Bertz CT molecular complexity index is 1440. The molecule has 0 aliphatic rings. The highest BCUT2D eigenvalue weighted by molar-refractivity contribution is 7.90. The van der Waals surface area contributed by atoms with Crippen molar-refractivity contribution >= 4 is 32.3 Å². The summed E-state index contributed by atoms with van der Waals surface area (Å²) in [7, 11) is -3.65. The van der Waals surface area contributed by atoms with Gasteiger partial charge in [0.2, 0.25) is 5.89 Å². The lowest BCUT2D eigenvalue weighted by molar-refractivity contribution is 0.513. The first kappa shape index (κ1) is 19.3. The average Bonchev–Trinajstić information content (AvgIpc) is 3.08. The lowest BCUT2D eigenvalue weighted by atomic mass is 10.1. The number of pyridine rings is 1. The third-order valence-electron chi connectivity index (χ3n) is 4.29. The second kappa shape index (κ2) is 6.78. The van der Waals surface area contributed by atoms with Gasteiger partial charge in [-0.15, -0.1) is 0 Å². The Balaban J connectivity index is 2.06. The van der Waals surface area contributed by atoms with Gasteiger partial charge < -0.3 is 4.42 Å². The van der Waals surface area contributed by atoms with Gasteiger partial charge in [-0.3, -0.25) is 0 Å². The molecule has 3 heterocycles. The van der Waals surface area contributed by atoms with E-state index >= 15 is 0 Å². The van der Waals surface area contributed by atoms with Gasteiger partial charge in [0.15, 0.2) is 20.7 Å². The lowest BCUT2D eigenvalue weighted by Gasteiger charge is -2.08. The highest BCUT2D eigenvalue weighted by Gasteiger charge is 2.23. The number of aryl methyl sites for hydroxylation is 2. The molecule has 0 saturated heterocycles. The van der Waals surface area contributed by atoms with Crippen LogP contribution in [-0.2, 0) is 9.84 Å². The topological polar surface area (TPSA) is 108 Å². The standard InChI is InChI=1S/C19H15ClN4O4S/c1-10-7-11(2)16-12(8-10)19(25)28-18(22-16)14-9-15(29(3,26)27)23-24(14)17-13(20)5-4-6-21-17/h4-9H,1-3H3. The lowest BCUT2D eigenvalue weighted by Crippen LogP contribution is -2.08. The van der Waals surface area contributed by atoms with Crippen LogP contribution in [0.25, 0.3) is 28.3 Å². The molecule has 0 spiro atoms. The maximum Gasteiger partial charge on any atom is 0.347 e. The van der Waals surface area contributed by atoms with Crippen molar-refractivity contribution in [3.63, 3.8) is 0 Å². The van der Waals surface area contributed by atoms with E-state index in [-0.39, 0.29) is 27.5 Å².